The lowest BCUT2D eigenvalue weighted by Gasteiger charge is -2.33. The number of anilines is 1. The summed E-state index contributed by atoms with van der Waals surface area (Å²) in [4.78, 5) is 25.7. The number of piperidine rings is 1. The van der Waals surface area contributed by atoms with Crippen LogP contribution in [0.3, 0.4) is 0 Å². The molecule has 2 rings (SSSR count). The molecule has 1 aromatic carbocycles. The molecule has 5 heteroatoms. The third-order valence-electron chi connectivity index (χ3n) is 3.89. The molecule has 2 unspecified atom stereocenters. The molecule has 0 saturated carbocycles. The zero-order valence-corrected chi connectivity index (χ0v) is 12.5. The van der Waals surface area contributed by atoms with Gasteiger partial charge in [0, 0.05) is 18.7 Å². The van der Waals surface area contributed by atoms with Crippen molar-refractivity contribution in [3.63, 3.8) is 0 Å². The van der Waals surface area contributed by atoms with Crippen molar-refractivity contribution in [1.82, 2.24) is 4.90 Å². The number of para-hydroxylation sites is 1. The molecule has 1 fully saturated rings. The number of rotatable bonds is 4. The van der Waals surface area contributed by atoms with Crippen LogP contribution < -0.4 is 5.32 Å². The zero-order valence-electron chi connectivity index (χ0n) is 12.5. The summed E-state index contributed by atoms with van der Waals surface area (Å²) < 4.78 is 0. The molecule has 1 aliphatic rings. The van der Waals surface area contributed by atoms with Gasteiger partial charge in [-0.2, -0.15) is 0 Å². The normalized spacial score (nSPS) is 22.8. The predicted octanol–water partition coefficient (Wildman–Crippen LogP) is 1.53. The lowest BCUT2D eigenvalue weighted by molar-refractivity contribution is -0.118. The van der Waals surface area contributed by atoms with Gasteiger partial charge in [-0.25, -0.2) is 0 Å². The van der Waals surface area contributed by atoms with E-state index < -0.39 is 0 Å². The number of carbonyl (C=O) groups excluding carboxylic acids is 2. The SMILES string of the molecule is CC(=O)c1ccccc1NC(=O)CN1CCC(O)C(C)C1. The van der Waals surface area contributed by atoms with E-state index in [0.717, 1.165) is 0 Å². The number of nitrogens with zero attached hydrogens (tertiary/aromatic N) is 1. The number of benzene rings is 1. The quantitative estimate of drug-likeness (QED) is 0.825. The summed E-state index contributed by atoms with van der Waals surface area (Å²) >= 11 is 0. The first kappa shape index (κ1) is 15.7. The van der Waals surface area contributed by atoms with Gasteiger partial charge in [-0.3, -0.25) is 14.5 Å². The Kier molecular flexibility index (Phi) is 5.09. The summed E-state index contributed by atoms with van der Waals surface area (Å²) in [6.07, 6.45) is 0.418. The van der Waals surface area contributed by atoms with Gasteiger partial charge < -0.3 is 10.4 Å². The maximum Gasteiger partial charge on any atom is 0.238 e. The molecule has 114 valence electrons. The van der Waals surface area contributed by atoms with E-state index in [9.17, 15) is 14.7 Å². The van der Waals surface area contributed by atoms with Crippen molar-refractivity contribution in [2.45, 2.75) is 26.4 Å². The fraction of sp³-hybridized carbons (Fsp3) is 0.500. The minimum atomic E-state index is -0.275. The summed E-state index contributed by atoms with van der Waals surface area (Å²) in [5.74, 6) is -0.0241. The van der Waals surface area contributed by atoms with Crippen LogP contribution in [0, 0.1) is 5.92 Å². The molecular weight excluding hydrogens is 268 g/mol. The first-order valence-electron chi connectivity index (χ1n) is 7.27. The maximum absolute atomic E-state index is 12.1. The van der Waals surface area contributed by atoms with Crippen molar-refractivity contribution in [3.8, 4) is 0 Å². The smallest absolute Gasteiger partial charge is 0.238 e. The molecule has 1 heterocycles. The molecule has 0 radical (unpaired) electrons. The first-order valence-corrected chi connectivity index (χ1v) is 7.27. The number of likely N-dealkylation sites (tertiary alicyclic amines) is 1. The number of amides is 1. The van der Waals surface area contributed by atoms with Gasteiger partial charge in [0.1, 0.15) is 0 Å². The van der Waals surface area contributed by atoms with Crippen LogP contribution in [0.15, 0.2) is 24.3 Å². The van der Waals surface area contributed by atoms with Crippen LogP contribution in [0.4, 0.5) is 5.69 Å². The van der Waals surface area contributed by atoms with Gasteiger partial charge in [0.25, 0.3) is 0 Å². The van der Waals surface area contributed by atoms with E-state index in [1.54, 1.807) is 24.3 Å². The number of aliphatic hydroxyl groups excluding tert-OH is 1. The molecule has 1 aromatic rings. The Labute approximate surface area is 125 Å². The highest BCUT2D eigenvalue weighted by Gasteiger charge is 2.25. The van der Waals surface area contributed by atoms with Gasteiger partial charge in [0.05, 0.1) is 18.3 Å². The van der Waals surface area contributed by atoms with Crippen molar-refractivity contribution < 1.29 is 14.7 Å². The summed E-state index contributed by atoms with van der Waals surface area (Å²) in [5, 5.41) is 12.5. The standard InChI is InChI=1S/C16H22N2O3/c1-11-9-18(8-7-15(11)20)10-16(21)17-14-6-4-3-5-13(14)12(2)19/h3-6,11,15,20H,7-10H2,1-2H3,(H,17,21). The molecular formula is C16H22N2O3. The molecule has 21 heavy (non-hydrogen) atoms. The molecule has 0 bridgehead atoms. The zero-order chi connectivity index (χ0) is 15.4. The topological polar surface area (TPSA) is 69.6 Å². The first-order chi connectivity index (χ1) is 9.97. The van der Waals surface area contributed by atoms with E-state index in [2.05, 4.69) is 5.32 Å². The number of aliphatic hydroxyl groups is 1. The third-order valence-corrected chi connectivity index (χ3v) is 3.89. The van der Waals surface area contributed by atoms with Crippen LogP contribution in [0.25, 0.3) is 0 Å². The third kappa shape index (κ3) is 4.12. The van der Waals surface area contributed by atoms with E-state index in [-0.39, 0.29) is 30.3 Å². The summed E-state index contributed by atoms with van der Waals surface area (Å²) in [5.41, 5.74) is 1.08. The average molecular weight is 290 g/mol. The second kappa shape index (κ2) is 6.83. The van der Waals surface area contributed by atoms with Crippen molar-refractivity contribution >= 4 is 17.4 Å². The Hall–Kier alpha value is -1.72. The lowest BCUT2D eigenvalue weighted by Crippen LogP contribution is -2.45. The highest BCUT2D eigenvalue weighted by Crippen LogP contribution is 2.18. The minimum absolute atomic E-state index is 0.0689. The molecule has 1 amide bonds. The summed E-state index contributed by atoms with van der Waals surface area (Å²) in [6.45, 7) is 5.18. The van der Waals surface area contributed by atoms with Gasteiger partial charge >= 0.3 is 0 Å². The van der Waals surface area contributed by atoms with Gasteiger partial charge in [-0.1, -0.05) is 19.1 Å². The molecule has 0 aromatic heterocycles. The maximum atomic E-state index is 12.1. The predicted molar refractivity (Wildman–Crippen MR) is 81.3 cm³/mol. The highest BCUT2D eigenvalue weighted by molar-refractivity contribution is 6.04. The van der Waals surface area contributed by atoms with Gasteiger partial charge in [0.2, 0.25) is 5.91 Å². The van der Waals surface area contributed by atoms with E-state index >= 15 is 0 Å². The molecule has 2 N–H and O–H groups in total. The monoisotopic (exact) mass is 290 g/mol. The Bertz CT molecular complexity index is 530. The average Bonchev–Trinajstić information content (AvgIpc) is 2.43. The lowest BCUT2D eigenvalue weighted by atomic mass is 9.97. The van der Waals surface area contributed by atoms with Gasteiger partial charge in [-0.05, 0) is 31.4 Å². The number of nitrogens with one attached hydrogen (secondary N) is 1. The summed E-state index contributed by atoms with van der Waals surface area (Å²) in [6, 6.07) is 7.01. The Morgan fingerprint density at radius 2 is 2.10 bits per heavy atom. The fourth-order valence-corrected chi connectivity index (χ4v) is 2.66. The second-order valence-electron chi connectivity index (χ2n) is 5.72. The molecule has 1 saturated heterocycles. The molecule has 2 atom stereocenters. The van der Waals surface area contributed by atoms with Crippen molar-refractivity contribution in [2.75, 3.05) is 25.0 Å². The Morgan fingerprint density at radius 1 is 1.38 bits per heavy atom. The van der Waals surface area contributed by atoms with Gasteiger partial charge in [0.15, 0.2) is 5.78 Å². The number of Topliss-reactive ketones (excluding diaryl/α,β-unsaturated/α-hetero) is 1. The number of hydrogen-bond acceptors (Lipinski definition) is 4. The van der Waals surface area contributed by atoms with E-state index in [1.165, 1.54) is 6.92 Å². The second-order valence-corrected chi connectivity index (χ2v) is 5.72. The van der Waals surface area contributed by atoms with E-state index in [1.807, 2.05) is 11.8 Å². The van der Waals surface area contributed by atoms with Crippen LogP contribution in [0.5, 0.6) is 0 Å². The summed E-state index contributed by atoms with van der Waals surface area (Å²) in [7, 11) is 0. The van der Waals surface area contributed by atoms with E-state index in [4.69, 9.17) is 0 Å². The Balaban J connectivity index is 1.95. The van der Waals surface area contributed by atoms with Crippen LogP contribution >= 0.6 is 0 Å². The van der Waals surface area contributed by atoms with Crippen molar-refractivity contribution in [2.24, 2.45) is 5.92 Å². The molecule has 0 spiro atoms. The highest BCUT2D eigenvalue weighted by atomic mass is 16.3. The number of ketones is 1. The van der Waals surface area contributed by atoms with Crippen LogP contribution in [-0.4, -0.2) is 47.4 Å². The van der Waals surface area contributed by atoms with Crippen LogP contribution in [0.2, 0.25) is 0 Å². The fourth-order valence-electron chi connectivity index (χ4n) is 2.66. The van der Waals surface area contributed by atoms with Crippen molar-refractivity contribution in [1.29, 1.82) is 0 Å². The van der Waals surface area contributed by atoms with Crippen molar-refractivity contribution in [3.05, 3.63) is 29.8 Å². The molecule has 0 aliphatic carbocycles. The van der Waals surface area contributed by atoms with Crippen LogP contribution in [-0.2, 0) is 4.79 Å². The number of hydrogen-bond donors (Lipinski definition) is 2. The minimum Gasteiger partial charge on any atom is -0.393 e. The molecule has 1 aliphatic heterocycles. The van der Waals surface area contributed by atoms with E-state index in [0.29, 0.717) is 30.8 Å². The molecule has 5 nitrogen and oxygen atoms in total. The largest absolute Gasteiger partial charge is 0.393 e. The van der Waals surface area contributed by atoms with Gasteiger partial charge in [-0.15, -0.1) is 0 Å². The Morgan fingerprint density at radius 3 is 2.76 bits per heavy atom. The van der Waals surface area contributed by atoms with Crippen LogP contribution in [0.1, 0.15) is 30.6 Å². The number of carbonyl (C=O) groups is 2.